The monoisotopic (exact) mass is 226 g/mol. The van der Waals surface area contributed by atoms with E-state index in [0.29, 0.717) is 10.2 Å². The smallest absolute Gasteiger partial charge is 0.109 e. The van der Waals surface area contributed by atoms with Gasteiger partial charge >= 0.3 is 0 Å². The number of alkyl halides is 1. The predicted octanol–water partition coefficient (Wildman–Crippen LogP) is 2.34. The van der Waals surface area contributed by atoms with Crippen LogP contribution in [-0.4, -0.2) is 10.2 Å². The molecule has 1 rings (SSSR count). The van der Waals surface area contributed by atoms with E-state index in [2.05, 4.69) is 29.5 Å². The summed E-state index contributed by atoms with van der Waals surface area (Å²) < 4.78 is 5.99. The molecule has 0 radical (unpaired) electrons. The summed E-state index contributed by atoms with van der Waals surface area (Å²) in [7, 11) is 0. The van der Waals surface area contributed by atoms with Crippen LogP contribution in [0.1, 0.15) is 26.2 Å². The molecule has 0 aliphatic carbocycles. The highest BCUT2D eigenvalue weighted by molar-refractivity contribution is 14.1. The molecule has 0 aromatic carbocycles. The van der Waals surface area contributed by atoms with Crippen LogP contribution in [0.3, 0.4) is 0 Å². The van der Waals surface area contributed by atoms with Crippen molar-refractivity contribution in [2.24, 2.45) is 0 Å². The minimum Gasteiger partial charge on any atom is -0.365 e. The molecule has 2 atom stereocenters. The molecule has 2 heteroatoms. The van der Waals surface area contributed by atoms with Crippen molar-refractivity contribution in [3.63, 3.8) is 0 Å². The van der Waals surface area contributed by atoms with E-state index in [9.17, 15) is 0 Å². The van der Waals surface area contributed by atoms with E-state index < -0.39 is 0 Å². The van der Waals surface area contributed by atoms with Crippen LogP contribution in [0, 0.1) is 0 Å². The van der Waals surface area contributed by atoms with Crippen LogP contribution in [0.4, 0.5) is 0 Å². The Morgan fingerprint density at radius 1 is 1.62 bits per heavy atom. The second-order valence-electron chi connectivity index (χ2n) is 2.15. The Morgan fingerprint density at radius 3 is 2.62 bits per heavy atom. The van der Waals surface area contributed by atoms with Gasteiger partial charge in [0.2, 0.25) is 0 Å². The van der Waals surface area contributed by atoms with E-state index in [1.807, 2.05) is 0 Å². The third kappa shape index (κ3) is 1.58. The molecular formula is C6H11IO. The Hall–Kier alpha value is 0.690. The van der Waals surface area contributed by atoms with Crippen molar-refractivity contribution in [1.29, 1.82) is 0 Å². The second kappa shape index (κ2) is 3.01. The highest BCUT2D eigenvalue weighted by Gasteiger charge is 2.20. The summed E-state index contributed by atoms with van der Waals surface area (Å²) in [5.74, 6) is 0. The Kier molecular flexibility index (Phi) is 2.56. The third-order valence-corrected chi connectivity index (χ3v) is 2.43. The Morgan fingerprint density at radius 2 is 2.38 bits per heavy atom. The maximum atomic E-state index is 5.50. The van der Waals surface area contributed by atoms with Crippen molar-refractivity contribution >= 4 is 22.6 Å². The van der Waals surface area contributed by atoms with Crippen LogP contribution in [0.5, 0.6) is 0 Å². The first-order valence-corrected chi connectivity index (χ1v) is 4.37. The van der Waals surface area contributed by atoms with Gasteiger partial charge in [-0.15, -0.1) is 0 Å². The number of ether oxygens (including phenoxy) is 1. The SMILES string of the molecule is CCC1CCC(I)O1. The molecule has 0 spiro atoms. The Bertz CT molecular complexity index is 74.9. The largest absolute Gasteiger partial charge is 0.365 e. The van der Waals surface area contributed by atoms with Gasteiger partial charge in [0.05, 0.1) is 6.10 Å². The molecule has 0 aromatic heterocycles. The van der Waals surface area contributed by atoms with Crippen LogP contribution in [0.25, 0.3) is 0 Å². The second-order valence-corrected chi connectivity index (χ2v) is 3.54. The molecule has 0 saturated carbocycles. The van der Waals surface area contributed by atoms with Crippen LogP contribution < -0.4 is 0 Å². The van der Waals surface area contributed by atoms with E-state index >= 15 is 0 Å². The summed E-state index contributed by atoms with van der Waals surface area (Å²) in [5, 5.41) is 0. The lowest BCUT2D eigenvalue weighted by Crippen LogP contribution is -2.03. The zero-order valence-electron chi connectivity index (χ0n) is 5.06. The minimum absolute atomic E-state index is 0.498. The van der Waals surface area contributed by atoms with Crippen LogP contribution in [0.2, 0.25) is 0 Å². The molecule has 1 saturated heterocycles. The average molecular weight is 226 g/mol. The van der Waals surface area contributed by atoms with Crippen molar-refractivity contribution in [2.75, 3.05) is 0 Å². The van der Waals surface area contributed by atoms with Crippen molar-refractivity contribution < 1.29 is 4.74 Å². The maximum Gasteiger partial charge on any atom is 0.109 e. The number of rotatable bonds is 1. The predicted molar refractivity (Wildman–Crippen MR) is 42.2 cm³/mol. The van der Waals surface area contributed by atoms with Gasteiger partial charge < -0.3 is 4.74 Å². The zero-order valence-corrected chi connectivity index (χ0v) is 7.22. The van der Waals surface area contributed by atoms with Crippen molar-refractivity contribution in [3.05, 3.63) is 0 Å². The first kappa shape index (κ1) is 6.81. The number of halogens is 1. The molecular weight excluding hydrogens is 215 g/mol. The summed E-state index contributed by atoms with van der Waals surface area (Å²) in [6.07, 6.45) is 4.26. The third-order valence-electron chi connectivity index (χ3n) is 1.51. The average Bonchev–Trinajstić information content (AvgIpc) is 2.14. The fourth-order valence-electron chi connectivity index (χ4n) is 0.962. The highest BCUT2D eigenvalue weighted by atomic mass is 127. The molecule has 0 N–H and O–H groups in total. The lowest BCUT2D eigenvalue weighted by molar-refractivity contribution is 0.0980. The summed E-state index contributed by atoms with van der Waals surface area (Å²) in [5.41, 5.74) is 0. The molecule has 0 amide bonds. The van der Waals surface area contributed by atoms with Crippen LogP contribution in [0.15, 0.2) is 0 Å². The van der Waals surface area contributed by atoms with Gasteiger partial charge in [-0.1, -0.05) is 29.5 Å². The van der Waals surface area contributed by atoms with Crippen molar-refractivity contribution in [2.45, 2.75) is 36.4 Å². The summed E-state index contributed by atoms with van der Waals surface area (Å²) in [6.45, 7) is 2.18. The number of hydrogen-bond acceptors (Lipinski definition) is 1. The molecule has 48 valence electrons. The Labute approximate surface area is 63.9 Å². The standard InChI is InChI=1S/C6H11IO/c1-2-5-3-4-6(7)8-5/h5-6H,2-4H2,1H3. The summed E-state index contributed by atoms with van der Waals surface area (Å²) in [6, 6.07) is 0. The van der Waals surface area contributed by atoms with E-state index in [1.54, 1.807) is 0 Å². The molecule has 1 fully saturated rings. The Balaban J connectivity index is 2.22. The molecule has 1 nitrogen and oxygen atoms in total. The van der Waals surface area contributed by atoms with Crippen LogP contribution in [-0.2, 0) is 4.74 Å². The van der Waals surface area contributed by atoms with E-state index in [4.69, 9.17) is 4.74 Å². The fraction of sp³-hybridized carbons (Fsp3) is 1.00. The minimum atomic E-state index is 0.498. The molecule has 1 aliphatic heterocycles. The van der Waals surface area contributed by atoms with Gasteiger partial charge in [-0.3, -0.25) is 0 Å². The summed E-state index contributed by atoms with van der Waals surface area (Å²) in [4.78, 5) is 0. The van der Waals surface area contributed by atoms with Gasteiger partial charge in [-0.2, -0.15) is 0 Å². The quantitative estimate of drug-likeness (QED) is 0.492. The van der Waals surface area contributed by atoms with Crippen molar-refractivity contribution in [3.8, 4) is 0 Å². The van der Waals surface area contributed by atoms with Crippen LogP contribution >= 0.6 is 22.6 Å². The first-order chi connectivity index (χ1) is 3.83. The molecule has 2 unspecified atom stereocenters. The van der Waals surface area contributed by atoms with Gasteiger partial charge in [0.25, 0.3) is 0 Å². The van der Waals surface area contributed by atoms with Gasteiger partial charge in [-0.25, -0.2) is 0 Å². The molecule has 0 aromatic rings. The van der Waals surface area contributed by atoms with Gasteiger partial charge in [-0.05, 0) is 19.3 Å². The highest BCUT2D eigenvalue weighted by Crippen LogP contribution is 2.25. The molecule has 8 heavy (non-hydrogen) atoms. The van der Waals surface area contributed by atoms with E-state index in [-0.39, 0.29) is 0 Å². The lowest BCUT2D eigenvalue weighted by Gasteiger charge is -2.04. The maximum absolute atomic E-state index is 5.50. The first-order valence-electron chi connectivity index (χ1n) is 3.12. The van der Waals surface area contributed by atoms with Gasteiger partial charge in [0.1, 0.15) is 4.11 Å². The summed E-state index contributed by atoms with van der Waals surface area (Å²) >= 11 is 2.35. The van der Waals surface area contributed by atoms with Gasteiger partial charge in [0, 0.05) is 0 Å². The van der Waals surface area contributed by atoms with Crippen molar-refractivity contribution in [1.82, 2.24) is 0 Å². The molecule has 1 heterocycles. The fourth-order valence-corrected chi connectivity index (χ4v) is 1.74. The normalized spacial score (nSPS) is 38.2. The lowest BCUT2D eigenvalue weighted by atomic mass is 10.2. The topological polar surface area (TPSA) is 9.23 Å². The molecule has 1 aliphatic rings. The van der Waals surface area contributed by atoms with E-state index in [1.165, 1.54) is 19.3 Å². The molecule has 0 bridgehead atoms. The number of hydrogen-bond donors (Lipinski definition) is 0. The zero-order chi connectivity index (χ0) is 5.98. The van der Waals surface area contributed by atoms with E-state index in [0.717, 1.165) is 0 Å². The van der Waals surface area contributed by atoms with Gasteiger partial charge in [0.15, 0.2) is 0 Å².